The third kappa shape index (κ3) is 1.68. The van der Waals surface area contributed by atoms with E-state index < -0.39 is 0 Å². The Balaban J connectivity index is 1.90. The van der Waals surface area contributed by atoms with Gasteiger partial charge in [0, 0.05) is 12.1 Å². The van der Waals surface area contributed by atoms with Crippen LogP contribution in [-0.4, -0.2) is 23.5 Å². The van der Waals surface area contributed by atoms with Gasteiger partial charge in [-0.1, -0.05) is 0 Å². The number of nitrogens with zero attached hydrogens (tertiary/aromatic N) is 1. The zero-order valence-corrected chi connectivity index (χ0v) is 9.86. The molecule has 1 aliphatic heterocycles. The highest BCUT2D eigenvalue weighted by molar-refractivity contribution is 5.21. The lowest BCUT2D eigenvalue weighted by Gasteiger charge is -2.39. The third-order valence-corrected chi connectivity index (χ3v) is 3.90. The van der Waals surface area contributed by atoms with Crippen LogP contribution in [0.15, 0.2) is 16.7 Å². The first-order valence-corrected chi connectivity index (χ1v) is 6.32. The van der Waals surface area contributed by atoms with Crippen LogP contribution in [0.1, 0.15) is 43.0 Å². The van der Waals surface area contributed by atoms with Crippen LogP contribution < -0.4 is 5.73 Å². The molecular formula is C13H20N2O. The summed E-state index contributed by atoms with van der Waals surface area (Å²) < 4.78 is 5.66. The smallest absolute Gasteiger partial charge is 0.125 e. The quantitative estimate of drug-likeness (QED) is 0.831. The molecule has 2 fully saturated rings. The highest BCUT2D eigenvalue weighted by Crippen LogP contribution is 2.40. The summed E-state index contributed by atoms with van der Waals surface area (Å²) in [6, 6.07) is 3.36. The molecule has 0 bridgehead atoms. The molecule has 2 unspecified atom stereocenters. The van der Waals surface area contributed by atoms with E-state index in [1.807, 2.05) is 6.07 Å². The van der Waals surface area contributed by atoms with Crippen molar-refractivity contribution in [3.05, 3.63) is 23.7 Å². The second-order valence-electron chi connectivity index (χ2n) is 5.19. The molecule has 3 rings (SSSR count). The molecule has 2 heterocycles. The molecule has 2 atom stereocenters. The summed E-state index contributed by atoms with van der Waals surface area (Å²) in [6.07, 6.45) is 6.81. The molecule has 0 radical (unpaired) electrons. The van der Waals surface area contributed by atoms with E-state index in [0.717, 1.165) is 18.2 Å². The Labute approximate surface area is 96.6 Å². The topological polar surface area (TPSA) is 42.4 Å². The Bertz CT molecular complexity index is 370. The maximum absolute atomic E-state index is 6.29. The number of aryl methyl sites for hydroxylation is 1. The molecule has 2 N–H and O–H groups in total. The normalized spacial score (nSPS) is 31.9. The molecular weight excluding hydrogens is 200 g/mol. The Morgan fingerprint density at radius 2 is 2.19 bits per heavy atom. The van der Waals surface area contributed by atoms with Crippen LogP contribution in [0.5, 0.6) is 0 Å². The summed E-state index contributed by atoms with van der Waals surface area (Å²) in [5.74, 6) is 1.10. The number of nitrogens with two attached hydrogens (primary N) is 1. The molecule has 0 aromatic carbocycles. The van der Waals surface area contributed by atoms with Gasteiger partial charge in [0.15, 0.2) is 0 Å². The van der Waals surface area contributed by atoms with Gasteiger partial charge in [-0.25, -0.2) is 0 Å². The molecule has 1 saturated heterocycles. The standard InChI is InChI=1S/C13H20N2O/c1-9-6-8-16-13(9)12-11(14)3-2-7-15(12)10-4-5-10/h6,8,10-12H,2-5,7,14H2,1H3. The van der Waals surface area contributed by atoms with Gasteiger partial charge >= 0.3 is 0 Å². The van der Waals surface area contributed by atoms with Crippen molar-refractivity contribution in [2.45, 2.75) is 50.7 Å². The van der Waals surface area contributed by atoms with Crippen molar-refractivity contribution < 1.29 is 4.42 Å². The Morgan fingerprint density at radius 1 is 1.38 bits per heavy atom. The zero-order valence-electron chi connectivity index (χ0n) is 9.86. The fourth-order valence-corrected chi connectivity index (χ4v) is 2.90. The summed E-state index contributed by atoms with van der Waals surface area (Å²) in [5.41, 5.74) is 7.54. The van der Waals surface area contributed by atoms with Gasteiger partial charge in [-0.2, -0.15) is 0 Å². The Kier molecular flexibility index (Phi) is 2.52. The lowest BCUT2D eigenvalue weighted by molar-refractivity contribution is 0.102. The van der Waals surface area contributed by atoms with Crippen molar-refractivity contribution in [1.29, 1.82) is 0 Å². The highest BCUT2D eigenvalue weighted by atomic mass is 16.3. The van der Waals surface area contributed by atoms with Gasteiger partial charge in [0.25, 0.3) is 0 Å². The van der Waals surface area contributed by atoms with E-state index in [2.05, 4.69) is 11.8 Å². The average Bonchev–Trinajstić information content (AvgIpc) is 3.03. The molecule has 16 heavy (non-hydrogen) atoms. The molecule has 88 valence electrons. The molecule has 3 nitrogen and oxygen atoms in total. The number of likely N-dealkylation sites (tertiary alicyclic amines) is 1. The predicted octanol–water partition coefficient (Wildman–Crippen LogP) is 2.21. The molecule has 0 amide bonds. The minimum atomic E-state index is 0.235. The van der Waals surface area contributed by atoms with Crippen molar-refractivity contribution in [3.8, 4) is 0 Å². The number of piperidine rings is 1. The summed E-state index contributed by atoms with van der Waals surface area (Å²) >= 11 is 0. The lowest BCUT2D eigenvalue weighted by Crippen LogP contribution is -2.46. The summed E-state index contributed by atoms with van der Waals surface area (Å²) in [7, 11) is 0. The van der Waals surface area contributed by atoms with Gasteiger partial charge in [-0.3, -0.25) is 4.90 Å². The summed E-state index contributed by atoms with van der Waals surface area (Å²) in [4.78, 5) is 2.57. The van der Waals surface area contributed by atoms with E-state index in [1.165, 1.54) is 31.4 Å². The van der Waals surface area contributed by atoms with Crippen LogP contribution >= 0.6 is 0 Å². The van der Waals surface area contributed by atoms with Gasteiger partial charge in [0.1, 0.15) is 5.76 Å². The van der Waals surface area contributed by atoms with Crippen molar-refractivity contribution in [2.24, 2.45) is 5.73 Å². The van der Waals surface area contributed by atoms with Gasteiger partial charge in [0.2, 0.25) is 0 Å². The van der Waals surface area contributed by atoms with E-state index in [4.69, 9.17) is 10.2 Å². The van der Waals surface area contributed by atoms with Gasteiger partial charge in [-0.05, 0) is 50.8 Å². The van der Waals surface area contributed by atoms with Crippen LogP contribution in [0.3, 0.4) is 0 Å². The third-order valence-electron chi connectivity index (χ3n) is 3.90. The zero-order chi connectivity index (χ0) is 11.1. The minimum absolute atomic E-state index is 0.235. The van der Waals surface area contributed by atoms with Crippen LogP contribution in [0.2, 0.25) is 0 Å². The fraction of sp³-hybridized carbons (Fsp3) is 0.692. The van der Waals surface area contributed by atoms with Gasteiger partial charge < -0.3 is 10.2 Å². The molecule has 1 saturated carbocycles. The second kappa shape index (κ2) is 3.90. The monoisotopic (exact) mass is 220 g/mol. The predicted molar refractivity (Wildman–Crippen MR) is 63.1 cm³/mol. The number of rotatable bonds is 2. The SMILES string of the molecule is Cc1ccoc1C1C(N)CCCN1C1CC1. The van der Waals surface area contributed by atoms with Crippen LogP contribution in [-0.2, 0) is 0 Å². The molecule has 2 aliphatic rings. The van der Waals surface area contributed by atoms with Crippen LogP contribution in [0.4, 0.5) is 0 Å². The Morgan fingerprint density at radius 3 is 2.81 bits per heavy atom. The maximum Gasteiger partial charge on any atom is 0.125 e. The first-order chi connectivity index (χ1) is 7.77. The molecule has 1 aromatic rings. The fourth-order valence-electron chi connectivity index (χ4n) is 2.90. The molecule has 3 heteroatoms. The first kappa shape index (κ1) is 10.4. The summed E-state index contributed by atoms with van der Waals surface area (Å²) in [6.45, 7) is 3.30. The Hall–Kier alpha value is -0.800. The van der Waals surface area contributed by atoms with E-state index in [-0.39, 0.29) is 6.04 Å². The molecule has 1 aromatic heterocycles. The van der Waals surface area contributed by atoms with Crippen molar-refractivity contribution in [2.75, 3.05) is 6.54 Å². The van der Waals surface area contributed by atoms with E-state index in [1.54, 1.807) is 6.26 Å². The van der Waals surface area contributed by atoms with E-state index in [9.17, 15) is 0 Å². The van der Waals surface area contributed by atoms with Crippen LogP contribution in [0.25, 0.3) is 0 Å². The van der Waals surface area contributed by atoms with E-state index in [0.29, 0.717) is 6.04 Å². The maximum atomic E-state index is 6.29. The van der Waals surface area contributed by atoms with Crippen LogP contribution in [0, 0.1) is 6.92 Å². The van der Waals surface area contributed by atoms with Crippen molar-refractivity contribution >= 4 is 0 Å². The largest absolute Gasteiger partial charge is 0.467 e. The first-order valence-electron chi connectivity index (χ1n) is 6.32. The second-order valence-corrected chi connectivity index (χ2v) is 5.19. The molecule has 0 spiro atoms. The van der Waals surface area contributed by atoms with Gasteiger partial charge in [-0.15, -0.1) is 0 Å². The number of hydrogen-bond acceptors (Lipinski definition) is 3. The molecule has 1 aliphatic carbocycles. The number of furan rings is 1. The van der Waals surface area contributed by atoms with E-state index >= 15 is 0 Å². The minimum Gasteiger partial charge on any atom is -0.467 e. The van der Waals surface area contributed by atoms with Gasteiger partial charge in [0.05, 0.1) is 12.3 Å². The van der Waals surface area contributed by atoms with Crippen molar-refractivity contribution in [3.63, 3.8) is 0 Å². The number of hydrogen-bond donors (Lipinski definition) is 1. The summed E-state index contributed by atoms with van der Waals surface area (Å²) in [5, 5.41) is 0. The highest BCUT2D eigenvalue weighted by Gasteiger charge is 2.41. The average molecular weight is 220 g/mol. The lowest BCUT2D eigenvalue weighted by atomic mass is 9.93. The van der Waals surface area contributed by atoms with Crippen molar-refractivity contribution in [1.82, 2.24) is 4.90 Å².